The number of amides is 2. The molecule has 8 nitrogen and oxygen atoms in total. The predicted octanol–water partition coefficient (Wildman–Crippen LogP) is 2.84. The van der Waals surface area contributed by atoms with Crippen molar-refractivity contribution in [2.45, 2.75) is 39.2 Å². The Hall–Kier alpha value is -3.07. The molecule has 1 atom stereocenters. The summed E-state index contributed by atoms with van der Waals surface area (Å²) < 4.78 is 31.5. The van der Waals surface area contributed by atoms with Gasteiger partial charge in [-0.3, -0.25) is 13.9 Å². The third-order valence-corrected chi connectivity index (χ3v) is 6.69. The maximum absolute atomic E-state index is 13.2. The van der Waals surface area contributed by atoms with Crippen molar-refractivity contribution in [1.29, 1.82) is 0 Å². The molecule has 186 valence electrons. The zero-order valence-corrected chi connectivity index (χ0v) is 21.2. The molecule has 2 amide bonds. The van der Waals surface area contributed by atoms with Gasteiger partial charge in [0, 0.05) is 26.1 Å². The maximum Gasteiger partial charge on any atom is 0.242 e. The Morgan fingerprint density at radius 1 is 1.03 bits per heavy atom. The molecule has 0 saturated carbocycles. The SMILES string of the molecule is CCNC(=O)[C@@H](C)N(CCc1ccccc1)C(=O)CCCN(c1ccccc1OC)S(C)(=O)=O. The number of anilines is 1. The van der Waals surface area contributed by atoms with Crippen LogP contribution in [0.4, 0.5) is 5.69 Å². The number of benzene rings is 2. The van der Waals surface area contributed by atoms with Crippen LogP contribution in [0.5, 0.6) is 5.75 Å². The Balaban J connectivity index is 2.12. The maximum atomic E-state index is 13.2. The van der Waals surface area contributed by atoms with Crippen LogP contribution in [0.15, 0.2) is 54.6 Å². The van der Waals surface area contributed by atoms with Gasteiger partial charge in [-0.1, -0.05) is 42.5 Å². The average molecular weight is 490 g/mol. The molecule has 0 spiro atoms. The second-order valence-electron chi connectivity index (χ2n) is 8.00. The Morgan fingerprint density at radius 3 is 2.29 bits per heavy atom. The number of nitrogens with zero attached hydrogens (tertiary/aromatic N) is 2. The van der Waals surface area contributed by atoms with E-state index in [0.717, 1.165) is 11.8 Å². The summed E-state index contributed by atoms with van der Waals surface area (Å²) in [5.74, 6) is 0.0347. The van der Waals surface area contributed by atoms with Gasteiger partial charge < -0.3 is 15.0 Å². The van der Waals surface area contributed by atoms with Crippen LogP contribution < -0.4 is 14.4 Å². The van der Waals surface area contributed by atoms with Crippen molar-refractivity contribution in [3.05, 3.63) is 60.2 Å². The minimum atomic E-state index is -3.59. The first-order chi connectivity index (χ1) is 16.2. The molecule has 0 bridgehead atoms. The van der Waals surface area contributed by atoms with Crippen LogP contribution in [0, 0.1) is 0 Å². The number of sulfonamides is 1. The van der Waals surface area contributed by atoms with E-state index >= 15 is 0 Å². The molecular weight excluding hydrogens is 454 g/mol. The van der Waals surface area contributed by atoms with Gasteiger partial charge in [0.05, 0.1) is 19.1 Å². The molecule has 9 heteroatoms. The fraction of sp³-hybridized carbons (Fsp3) is 0.440. The molecule has 2 rings (SSSR count). The standard InChI is InChI=1S/C25H35N3O5S/c1-5-26-25(30)20(2)27(19-17-21-12-7-6-8-13-21)24(29)16-11-18-28(34(4,31)32)22-14-9-10-15-23(22)33-3/h6-10,12-15,20H,5,11,16-19H2,1-4H3,(H,26,30)/t20-/m1/s1. The highest BCUT2D eigenvalue weighted by molar-refractivity contribution is 7.92. The highest BCUT2D eigenvalue weighted by atomic mass is 32.2. The van der Waals surface area contributed by atoms with Crippen molar-refractivity contribution in [2.24, 2.45) is 0 Å². The number of para-hydroxylation sites is 2. The van der Waals surface area contributed by atoms with Crippen molar-refractivity contribution in [2.75, 3.05) is 37.3 Å². The quantitative estimate of drug-likeness (QED) is 0.467. The largest absolute Gasteiger partial charge is 0.495 e. The van der Waals surface area contributed by atoms with Gasteiger partial charge >= 0.3 is 0 Å². The monoisotopic (exact) mass is 489 g/mol. The summed E-state index contributed by atoms with van der Waals surface area (Å²) in [7, 11) is -2.11. The smallest absolute Gasteiger partial charge is 0.242 e. The Morgan fingerprint density at radius 2 is 1.68 bits per heavy atom. The third kappa shape index (κ3) is 7.76. The van der Waals surface area contributed by atoms with Crippen LogP contribution >= 0.6 is 0 Å². The van der Waals surface area contributed by atoms with E-state index in [1.54, 1.807) is 36.1 Å². The van der Waals surface area contributed by atoms with E-state index in [9.17, 15) is 18.0 Å². The van der Waals surface area contributed by atoms with Crippen LogP contribution in [0.2, 0.25) is 0 Å². The number of rotatable bonds is 13. The van der Waals surface area contributed by atoms with Gasteiger partial charge in [-0.2, -0.15) is 0 Å². The van der Waals surface area contributed by atoms with Gasteiger partial charge in [-0.05, 0) is 44.4 Å². The first kappa shape index (κ1) is 27.2. The number of methoxy groups -OCH3 is 1. The highest BCUT2D eigenvalue weighted by Gasteiger charge is 2.26. The summed E-state index contributed by atoms with van der Waals surface area (Å²) in [5.41, 5.74) is 1.50. The number of nitrogens with one attached hydrogen (secondary N) is 1. The molecule has 1 N–H and O–H groups in total. The molecule has 0 heterocycles. The van der Waals surface area contributed by atoms with E-state index in [2.05, 4.69) is 5.32 Å². The molecule has 0 radical (unpaired) electrons. The normalized spacial score (nSPS) is 12.0. The summed E-state index contributed by atoms with van der Waals surface area (Å²) >= 11 is 0. The minimum absolute atomic E-state index is 0.111. The second kappa shape index (κ2) is 13.0. The third-order valence-electron chi connectivity index (χ3n) is 5.51. The summed E-state index contributed by atoms with van der Waals surface area (Å²) in [6, 6.07) is 16.0. The number of ether oxygens (including phenoxy) is 1. The Kier molecular flexibility index (Phi) is 10.4. The van der Waals surface area contributed by atoms with Crippen molar-refractivity contribution < 1.29 is 22.7 Å². The van der Waals surface area contributed by atoms with Gasteiger partial charge in [-0.25, -0.2) is 8.42 Å². The fourth-order valence-electron chi connectivity index (χ4n) is 3.71. The molecule has 2 aromatic rings. The van der Waals surface area contributed by atoms with E-state index < -0.39 is 16.1 Å². The van der Waals surface area contributed by atoms with Crippen LogP contribution in [0.25, 0.3) is 0 Å². The van der Waals surface area contributed by atoms with Crippen LogP contribution in [0.3, 0.4) is 0 Å². The number of hydrogen-bond donors (Lipinski definition) is 1. The number of hydrogen-bond acceptors (Lipinski definition) is 5. The van der Waals surface area contributed by atoms with Crippen molar-refractivity contribution in [1.82, 2.24) is 10.2 Å². The average Bonchev–Trinajstić information content (AvgIpc) is 2.82. The molecule has 0 aliphatic rings. The molecule has 2 aromatic carbocycles. The lowest BCUT2D eigenvalue weighted by molar-refractivity contribution is -0.139. The Bertz CT molecular complexity index is 1040. The zero-order valence-electron chi connectivity index (χ0n) is 20.4. The predicted molar refractivity (Wildman–Crippen MR) is 134 cm³/mol. The Labute approximate surface area is 202 Å². The molecule has 0 unspecified atom stereocenters. The molecule has 0 saturated heterocycles. The first-order valence-electron chi connectivity index (χ1n) is 11.4. The van der Waals surface area contributed by atoms with Gasteiger partial charge in [0.25, 0.3) is 0 Å². The van der Waals surface area contributed by atoms with E-state index in [1.807, 2.05) is 37.3 Å². The van der Waals surface area contributed by atoms with Crippen molar-refractivity contribution >= 4 is 27.5 Å². The summed E-state index contributed by atoms with van der Waals surface area (Å²) in [6.45, 7) is 4.53. The summed E-state index contributed by atoms with van der Waals surface area (Å²) in [6.07, 6.45) is 2.16. The topological polar surface area (TPSA) is 96.0 Å². The lowest BCUT2D eigenvalue weighted by Gasteiger charge is -2.29. The number of carbonyl (C=O) groups excluding carboxylic acids is 2. The minimum Gasteiger partial charge on any atom is -0.495 e. The van der Waals surface area contributed by atoms with Crippen molar-refractivity contribution in [3.63, 3.8) is 0 Å². The van der Waals surface area contributed by atoms with Gasteiger partial charge in [0.2, 0.25) is 21.8 Å². The van der Waals surface area contributed by atoms with Gasteiger partial charge in [-0.15, -0.1) is 0 Å². The van der Waals surface area contributed by atoms with Gasteiger partial charge in [0.1, 0.15) is 11.8 Å². The fourth-order valence-corrected chi connectivity index (χ4v) is 4.68. The molecular formula is C25H35N3O5S. The van der Waals surface area contributed by atoms with E-state index in [4.69, 9.17) is 4.74 Å². The number of carbonyl (C=O) groups is 2. The highest BCUT2D eigenvalue weighted by Crippen LogP contribution is 2.29. The number of likely N-dealkylation sites (N-methyl/N-ethyl adjacent to an activating group) is 1. The van der Waals surface area contributed by atoms with Crippen LogP contribution in [-0.4, -0.2) is 64.2 Å². The van der Waals surface area contributed by atoms with Gasteiger partial charge in [0.15, 0.2) is 0 Å². The second-order valence-corrected chi connectivity index (χ2v) is 9.91. The lowest BCUT2D eigenvalue weighted by atomic mass is 10.1. The van der Waals surface area contributed by atoms with E-state index in [1.165, 1.54) is 11.4 Å². The molecule has 0 aromatic heterocycles. The molecule has 34 heavy (non-hydrogen) atoms. The van der Waals surface area contributed by atoms with E-state index in [-0.39, 0.29) is 24.8 Å². The van der Waals surface area contributed by atoms with E-state index in [0.29, 0.717) is 37.4 Å². The first-order valence-corrected chi connectivity index (χ1v) is 13.3. The molecule has 0 aliphatic carbocycles. The zero-order chi connectivity index (χ0) is 25.1. The molecule has 0 fully saturated rings. The molecule has 0 aliphatic heterocycles. The van der Waals surface area contributed by atoms with Crippen molar-refractivity contribution in [3.8, 4) is 5.75 Å². The van der Waals surface area contributed by atoms with Crippen LogP contribution in [0.1, 0.15) is 32.3 Å². The summed E-state index contributed by atoms with van der Waals surface area (Å²) in [4.78, 5) is 27.2. The lowest BCUT2D eigenvalue weighted by Crippen LogP contribution is -2.48. The van der Waals surface area contributed by atoms with Crippen LogP contribution in [-0.2, 0) is 26.0 Å². The summed E-state index contributed by atoms with van der Waals surface area (Å²) in [5, 5.41) is 2.77.